The van der Waals surface area contributed by atoms with Crippen molar-refractivity contribution >= 4 is 29.4 Å². The summed E-state index contributed by atoms with van der Waals surface area (Å²) >= 11 is 0. The molecule has 38 heavy (non-hydrogen) atoms. The van der Waals surface area contributed by atoms with Gasteiger partial charge in [-0.15, -0.1) is 0 Å². The van der Waals surface area contributed by atoms with E-state index in [1.54, 1.807) is 24.3 Å². The number of unbranched alkanes of at least 4 members (excludes halogenated alkanes) is 2. The van der Waals surface area contributed by atoms with Crippen LogP contribution in [0, 0.1) is 32.1 Å². The predicted molar refractivity (Wildman–Crippen MR) is 140 cm³/mol. The first-order valence-electron chi connectivity index (χ1n) is 12.8. The topological polar surface area (TPSA) is 139 Å². The molecule has 1 aliphatic rings. The summed E-state index contributed by atoms with van der Waals surface area (Å²) in [7, 11) is 0. The van der Waals surface area contributed by atoms with E-state index in [1.807, 2.05) is 0 Å². The highest BCUT2D eigenvalue weighted by atomic mass is 16.6. The molecule has 1 fully saturated rings. The number of non-ortho nitro benzene ring substituents is 2. The Hall–Kier alpha value is -4.08. The number of hydrogen-bond acceptors (Lipinski definition) is 8. The first-order valence-corrected chi connectivity index (χ1v) is 12.8. The zero-order valence-corrected chi connectivity index (χ0v) is 21.4. The zero-order valence-electron chi connectivity index (χ0n) is 21.4. The summed E-state index contributed by atoms with van der Waals surface area (Å²) in [6.45, 7) is 1.84. The second-order valence-corrected chi connectivity index (χ2v) is 9.52. The van der Waals surface area contributed by atoms with Crippen LogP contribution in [0.2, 0.25) is 0 Å². The first kappa shape index (κ1) is 28.5. The van der Waals surface area contributed by atoms with Gasteiger partial charge in [-0.3, -0.25) is 25.0 Å². The monoisotopic (exact) mass is 524 g/mol. The number of ether oxygens (including phenoxy) is 2. The number of rotatable bonds is 12. The maximum atomic E-state index is 12.6. The first-order chi connectivity index (χ1) is 18.2. The van der Waals surface area contributed by atoms with Crippen molar-refractivity contribution in [2.75, 3.05) is 0 Å². The molecule has 0 atom stereocenters. The molecule has 2 aromatic carbocycles. The quantitative estimate of drug-likeness (QED) is 0.0760. The van der Waals surface area contributed by atoms with Gasteiger partial charge in [-0.2, -0.15) is 0 Å². The van der Waals surface area contributed by atoms with E-state index in [1.165, 1.54) is 37.8 Å². The molecule has 0 saturated heterocycles. The van der Waals surface area contributed by atoms with Gasteiger partial charge in [0.05, 0.1) is 21.8 Å². The van der Waals surface area contributed by atoms with Gasteiger partial charge in [-0.1, -0.05) is 44.7 Å². The molecule has 0 radical (unpaired) electrons. The zero-order chi connectivity index (χ0) is 27.5. The molecule has 10 nitrogen and oxygen atoms in total. The lowest BCUT2D eigenvalue weighted by atomic mass is 9.80. The smallest absolute Gasteiger partial charge is 0.331 e. The molecule has 0 amide bonds. The Morgan fingerprint density at radius 2 is 1.58 bits per heavy atom. The van der Waals surface area contributed by atoms with Crippen LogP contribution >= 0.6 is 0 Å². The third-order valence-electron chi connectivity index (χ3n) is 6.67. The summed E-state index contributed by atoms with van der Waals surface area (Å²) in [5, 5.41) is 22.0. The third kappa shape index (κ3) is 8.79. The van der Waals surface area contributed by atoms with Crippen molar-refractivity contribution in [2.24, 2.45) is 11.8 Å². The van der Waals surface area contributed by atoms with E-state index in [9.17, 15) is 29.8 Å². The fourth-order valence-corrected chi connectivity index (χ4v) is 4.53. The molecule has 0 unspecified atom stereocenters. The predicted octanol–water partition coefficient (Wildman–Crippen LogP) is 6.55. The molecule has 1 saturated carbocycles. The van der Waals surface area contributed by atoms with E-state index in [4.69, 9.17) is 9.47 Å². The average Bonchev–Trinajstić information content (AvgIpc) is 2.91. The standard InChI is InChI=1S/C28H32N2O8/c1-2-3-4-5-20-6-11-23(12-7-20)28(32)38-26-13-8-21(9-14-26)10-15-27(31)37-19-22-16-24(29(33)34)18-25(17-22)30(35)36/h8-10,13-18,20,23H,2-7,11-12,19H2,1H3. The number of esters is 2. The number of benzene rings is 2. The molecule has 0 N–H and O–H groups in total. The van der Waals surface area contributed by atoms with Gasteiger partial charge in [-0.25, -0.2) is 4.79 Å². The molecule has 202 valence electrons. The van der Waals surface area contributed by atoms with Gasteiger partial charge in [0, 0.05) is 23.8 Å². The molecular formula is C28H32N2O8. The number of carbonyl (C=O) groups excluding carboxylic acids is 2. The summed E-state index contributed by atoms with van der Waals surface area (Å²) in [5.41, 5.74) is -0.127. The molecule has 0 bridgehead atoms. The van der Waals surface area contributed by atoms with Gasteiger partial charge in [0.15, 0.2) is 0 Å². The Labute approximate surface area is 220 Å². The summed E-state index contributed by atoms with van der Waals surface area (Å²) in [6, 6.07) is 9.77. The summed E-state index contributed by atoms with van der Waals surface area (Å²) in [5.74, 6) is 0.157. The van der Waals surface area contributed by atoms with Crippen LogP contribution in [0.4, 0.5) is 11.4 Å². The van der Waals surface area contributed by atoms with E-state index in [0.29, 0.717) is 17.2 Å². The van der Waals surface area contributed by atoms with Crippen LogP contribution < -0.4 is 4.74 Å². The van der Waals surface area contributed by atoms with Crippen LogP contribution in [0.5, 0.6) is 5.75 Å². The van der Waals surface area contributed by atoms with E-state index in [2.05, 4.69) is 6.92 Å². The van der Waals surface area contributed by atoms with Gasteiger partial charge in [0.1, 0.15) is 12.4 Å². The number of hydrogen-bond donors (Lipinski definition) is 0. The van der Waals surface area contributed by atoms with Crippen molar-refractivity contribution in [2.45, 2.75) is 64.9 Å². The highest BCUT2D eigenvalue weighted by molar-refractivity contribution is 5.87. The highest BCUT2D eigenvalue weighted by Crippen LogP contribution is 2.33. The fraction of sp³-hybridized carbons (Fsp3) is 0.429. The summed E-state index contributed by atoms with van der Waals surface area (Å²) in [4.78, 5) is 45.1. The van der Waals surface area contributed by atoms with Gasteiger partial charge in [0.2, 0.25) is 0 Å². The van der Waals surface area contributed by atoms with Gasteiger partial charge < -0.3 is 9.47 Å². The largest absolute Gasteiger partial charge is 0.458 e. The Balaban J connectivity index is 1.46. The number of nitrogens with zero attached hydrogens (tertiary/aromatic N) is 2. The van der Waals surface area contributed by atoms with Crippen molar-refractivity contribution in [3.05, 3.63) is 79.9 Å². The minimum absolute atomic E-state index is 0.0701. The average molecular weight is 525 g/mol. The van der Waals surface area contributed by atoms with Crippen molar-refractivity contribution in [3.63, 3.8) is 0 Å². The van der Waals surface area contributed by atoms with E-state index in [0.717, 1.165) is 43.9 Å². The molecule has 0 heterocycles. The fourth-order valence-electron chi connectivity index (χ4n) is 4.53. The lowest BCUT2D eigenvalue weighted by molar-refractivity contribution is -0.394. The second-order valence-electron chi connectivity index (χ2n) is 9.52. The van der Waals surface area contributed by atoms with Crippen molar-refractivity contribution in [1.29, 1.82) is 0 Å². The minimum atomic E-state index is -0.751. The van der Waals surface area contributed by atoms with Crippen molar-refractivity contribution in [1.82, 2.24) is 0 Å². The maximum absolute atomic E-state index is 12.6. The molecular weight excluding hydrogens is 492 g/mol. The number of nitro groups is 2. The highest BCUT2D eigenvalue weighted by Gasteiger charge is 2.27. The summed E-state index contributed by atoms with van der Waals surface area (Å²) < 4.78 is 10.6. The molecule has 1 aliphatic carbocycles. The molecule has 2 aromatic rings. The van der Waals surface area contributed by atoms with Crippen LogP contribution in [0.1, 0.15) is 69.4 Å². The normalized spacial score (nSPS) is 17.2. The minimum Gasteiger partial charge on any atom is -0.458 e. The Kier molecular flexibility index (Phi) is 10.5. The van der Waals surface area contributed by atoms with Gasteiger partial charge in [0.25, 0.3) is 11.4 Å². The Morgan fingerprint density at radius 3 is 2.16 bits per heavy atom. The van der Waals surface area contributed by atoms with Crippen LogP contribution in [0.25, 0.3) is 6.08 Å². The van der Waals surface area contributed by atoms with Crippen molar-refractivity contribution in [3.8, 4) is 5.75 Å². The van der Waals surface area contributed by atoms with E-state index < -0.39 is 27.2 Å². The van der Waals surface area contributed by atoms with E-state index in [-0.39, 0.29) is 24.1 Å². The van der Waals surface area contributed by atoms with Crippen LogP contribution in [0.15, 0.2) is 48.5 Å². The van der Waals surface area contributed by atoms with Crippen LogP contribution in [-0.2, 0) is 20.9 Å². The number of carbonyl (C=O) groups is 2. The third-order valence-corrected chi connectivity index (χ3v) is 6.67. The molecule has 0 aromatic heterocycles. The van der Waals surface area contributed by atoms with Gasteiger partial charge >= 0.3 is 11.9 Å². The van der Waals surface area contributed by atoms with Crippen LogP contribution in [0.3, 0.4) is 0 Å². The number of nitro benzene ring substituents is 2. The molecule has 3 rings (SSSR count). The Morgan fingerprint density at radius 1 is 0.947 bits per heavy atom. The lowest BCUT2D eigenvalue weighted by Crippen LogP contribution is -2.25. The SMILES string of the molecule is CCCCCC1CCC(C(=O)Oc2ccc(C=CC(=O)OCc3cc([N+](=O)[O-])cc([N+](=O)[O-])c3)cc2)CC1. The maximum Gasteiger partial charge on any atom is 0.331 e. The molecule has 10 heteroatoms. The molecule has 0 spiro atoms. The summed E-state index contributed by atoms with van der Waals surface area (Å²) in [6.07, 6.45) is 11.5. The lowest BCUT2D eigenvalue weighted by Gasteiger charge is -2.27. The van der Waals surface area contributed by atoms with Crippen LogP contribution in [-0.4, -0.2) is 21.8 Å². The van der Waals surface area contributed by atoms with Crippen molar-refractivity contribution < 1.29 is 28.9 Å². The van der Waals surface area contributed by atoms with Gasteiger partial charge in [-0.05, 0) is 55.4 Å². The molecule has 0 aliphatic heterocycles. The second kappa shape index (κ2) is 14.0. The Bertz CT molecular complexity index is 1140. The van der Waals surface area contributed by atoms with E-state index >= 15 is 0 Å².